The second kappa shape index (κ2) is 5.24. The highest BCUT2D eigenvalue weighted by atomic mass is 19.1. The van der Waals surface area contributed by atoms with Crippen molar-refractivity contribution in [3.05, 3.63) is 29.3 Å². The van der Waals surface area contributed by atoms with E-state index in [-0.39, 0.29) is 6.61 Å². The number of carboxylic acids is 1. The summed E-state index contributed by atoms with van der Waals surface area (Å²) in [4.78, 5) is 21.6. The van der Waals surface area contributed by atoms with Gasteiger partial charge < -0.3 is 9.84 Å². The number of aromatic carboxylic acids is 1. The Morgan fingerprint density at radius 3 is 2.53 bits per heavy atom. The predicted octanol–water partition coefficient (Wildman–Crippen LogP) is 2.23. The quantitative estimate of drug-likeness (QED) is 0.856. The Morgan fingerprint density at radius 1 is 1.35 bits per heavy atom. The van der Waals surface area contributed by atoms with Crippen LogP contribution in [0.4, 0.5) is 19.3 Å². The van der Waals surface area contributed by atoms with Crippen molar-refractivity contribution in [1.29, 1.82) is 0 Å². The lowest BCUT2D eigenvalue weighted by molar-refractivity contribution is 0.0691. The van der Waals surface area contributed by atoms with Gasteiger partial charge in [-0.2, -0.15) is 0 Å². The van der Waals surface area contributed by atoms with E-state index in [4.69, 9.17) is 5.11 Å². The first-order valence-electron chi connectivity index (χ1n) is 4.61. The Labute approximate surface area is 95.0 Å². The van der Waals surface area contributed by atoms with E-state index in [1.165, 1.54) is 0 Å². The Morgan fingerprint density at radius 2 is 2.00 bits per heavy atom. The van der Waals surface area contributed by atoms with Gasteiger partial charge >= 0.3 is 12.1 Å². The molecule has 0 spiro atoms. The first-order chi connectivity index (χ1) is 7.95. The van der Waals surface area contributed by atoms with Crippen molar-refractivity contribution in [2.24, 2.45) is 0 Å². The van der Waals surface area contributed by atoms with Gasteiger partial charge in [0.2, 0.25) is 0 Å². The van der Waals surface area contributed by atoms with Crippen LogP contribution >= 0.6 is 0 Å². The van der Waals surface area contributed by atoms with Crippen molar-refractivity contribution in [2.45, 2.75) is 6.92 Å². The summed E-state index contributed by atoms with van der Waals surface area (Å²) >= 11 is 0. The second-order valence-electron chi connectivity index (χ2n) is 2.96. The molecule has 7 heteroatoms. The summed E-state index contributed by atoms with van der Waals surface area (Å²) in [6.45, 7) is 1.61. The SMILES string of the molecule is CCOC(=O)Nc1cc(C(=O)O)c(F)cc1F. The zero-order chi connectivity index (χ0) is 13.0. The van der Waals surface area contributed by atoms with Gasteiger partial charge in [0.05, 0.1) is 17.9 Å². The van der Waals surface area contributed by atoms with Gasteiger partial charge in [0.1, 0.15) is 11.6 Å². The standard InChI is InChI=1S/C10H9F2NO4/c1-2-17-10(16)13-8-3-5(9(14)15)6(11)4-7(8)12/h3-4H,2H2,1H3,(H,13,16)(H,14,15). The second-order valence-corrected chi connectivity index (χ2v) is 2.96. The highest BCUT2D eigenvalue weighted by Gasteiger charge is 2.16. The molecule has 0 saturated heterocycles. The number of amides is 1. The summed E-state index contributed by atoms with van der Waals surface area (Å²) in [5.41, 5.74) is -1.19. The van der Waals surface area contributed by atoms with Crippen molar-refractivity contribution in [2.75, 3.05) is 11.9 Å². The molecular weight excluding hydrogens is 236 g/mol. The van der Waals surface area contributed by atoms with E-state index in [1.807, 2.05) is 5.32 Å². The van der Waals surface area contributed by atoms with E-state index in [1.54, 1.807) is 6.92 Å². The van der Waals surface area contributed by atoms with Crippen LogP contribution in [0.5, 0.6) is 0 Å². The Bertz CT molecular complexity index is 462. The lowest BCUT2D eigenvalue weighted by atomic mass is 10.2. The van der Waals surface area contributed by atoms with Crippen molar-refractivity contribution in [1.82, 2.24) is 0 Å². The van der Waals surface area contributed by atoms with Crippen LogP contribution in [0, 0.1) is 11.6 Å². The van der Waals surface area contributed by atoms with E-state index in [9.17, 15) is 18.4 Å². The van der Waals surface area contributed by atoms with E-state index in [0.29, 0.717) is 12.1 Å². The molecule has 2 N–H and O–H groups in total. The number of halogens is 2. The molecule has 0 aromatic heterocycles. The van der Waals surface area contributed by atoms with Crippen LogP contribution in [0.3, 0.4) is 0 Å². The zero-order valence-electron chi connectivity index (χ0n) is 8.79. The van der Waals surface area contributed by atoms with Crippen LogP contribution in [0.15, 0.2) is 12.1 Å². The van der Waals surface area contributed by atoms with E-state index < -0.39 is 34.9 Å². The van der Waals surface area contributed by atoms with Gasteiger partial charge in [0, 0.05) is 6.07 Å². The number of carbonyl (C=O) groups is 2. The fraction of sp³-hybridized carbons (Fsp3) is 0.200. The average Bonchev–Trinajstić information content (AvgIpc) is 2.21. The summed E-state index contributed by atoms with van der Waals surface area (Å²) in [5, 5.41) is 10.6. The molecule has 0 saturated carbocycles. The highest BCUT2D eigenvalue weighted by molar-refractivity contribution is 5.91. The topological polar surface area (TPSA) is 75.6 Å². The van der Waals surface area contributed by atoms with Crippen molar-refractivity contribution < 1.29 is 28.2 Å². The number of anilines is 1. The molecule has 0 aliphatic heterocycles. The highest BCUT2D eigenvalue weighted by Crippen LogP contribution is 2.19. The zero-order valence-corrected chi connectivity index (χ0v) is 8.79. The van der Waals surface area contributed by atoms with Crippen LogP contribution < -0.4 is 5.32 Å². The first kappa shape index (κ1) is 12.9. The normalized spacial score (nSPS) is 9.82. The third-order valence-electron chi connectivity index (χ3n) is 1.80. The molecule has 5 nitrogen and oxygen atoms in total. The van der Waals surface area contributed by atoms with Gasteiger partial charge in [0.25, 0.3) is 0 Å². The molecule has 0 unspecified atom stereocenters. The van der Waals surface area contributed by atoms with Gasteiger partial charge in [-0.1, -0.05) is 0 Å². The molecule has 1 aromatic carbocycles. The third-order valence-corrected chi connectivity index (χ3v) is 1.80. The maximum atomic E-state index is 13.2. The molecule has 0 bridgehead atoms. The number of hydrogen-bond acceptors (Lipinski definition) is 3. The Hall–Kier alpha value is -2.18. The number of carboxylic acid groups (broad SMARTS) is 1. The molecule has 0 aliphatic carbocycles. The van der Waals surface area contributed by atoms with Crippen molar-refractivity contribution >= 4 is 17.7 Å². The van der Waals surface area contributed by atoms with Crippen LogP contribution in [-0.4, -0.2) is 23.8 Å². The minimum absolute atomic E-state index is 0.0699. The van der Waals surface area contributed by atoms with Gasteiger partial charge in [-0.15, -0.1) is 0 Å². The summed E-state index contributed by atoms with van der Waals surface area (Å²) < 4.78 is 30.7. The lowest BCUT2D eigenvalue weighted by Crippen LogP contribution is -2.15. The van der Waals surface area contributed by atoms with E-state index in [2.05, 4.69) is 4.74 Å². The molecule has 1 rings (SSSR count). The van der Waals surface area contributed by atoms with Gasteiger partial charge in [-0.3, -0.25) is 5.32 Å². The maximum absolute atomic E-state index is 13.2. The molecule has 0 radical (unpaired) electrons. The number of rotatable bonds is 3. The fourth-order valence-electron chi connectivity index (χ4n) is 1.09. The smallest absolute Gasteiger partial charge is 0.411 e. The number of nitrogens with one attached hydrogen (secondary N) is 1. The molecule has 0 atom stereocenters. The number of benzene rings is 1. The van der Waals surface area contributed by atoms with E-state index >= 15 is 0 Å². The molecule has 1 amide bonds. The third kappa shape index (κ3) is 3.13. The van der Waals surface area contributed by atoms with Crippen LogP contribution in [-0.2, 0) is 4.74 Å². The van der Waals surface area contributed by atoms with Crippen molar-refractivity contribution in [3.8, 4) is 0 Å². The Balaban J connectivity index is 3.03. The average molecular weight is 245 g/mol. The molecule has 1 aromatic rings. The van der Waals surface area contributed by atoms with Gasteiger partial charge in [-0.25, -0.2) is 18.4 Å². The first-order valence-corrected chi connectivity index (χ1v) is 4.61. The maximum Gasteiger partial charge on any atom is 0.411 e. The summed E-state index contributed by atoms with van der Waals surface area (Å²) in [5.74, 6) is -3.86. The summed E-state index contributed by atoms with van der Waals surface area (Å²) in [7, 11) is 0. The van der Waals surface area contributed by atoms with Crippen molar-refractivity contribution in [3.63, 3.8) is 0 Å². The fourth-order valence-corrected chi connectivity index (χ4v) is 1.09. The van der Waals surface area contributed by atoms with Gasteiger partial charge in [0.15, 0.2) is 0 Å². The molecule has 92 valence electrons. The lowest BCUT2D eigenvalue weighted by Gasteiger charge is -2.07. The Kier molecular flexibility index (Phi) is 3.97. The summed E-state index contributed by atoms with van der Waals surface area (Å²) in [6.07, 6.45) is -0.950. The van der Waals surface area contributed by atoms with Crippen LogP contribution in [0.1, 0.15) is 17.3 Å². The minimum atomic E-state index is -1.56. The molecule has 0 aliphatic rings. The van der Waals surface area contributed by atoms with Crippen LogP contribution in [0.2, 0.25) is 0 Å². The molecule has 0 fully saturated rings. The number of hydrogen-bond donors (Lipinski definition) is 2. The molecule has 0 heterocycles. The van der Waals surface area contributed by atoms with Gasteiger partial charge in [-0.05, 0) is 13.0 Å². The minimum Gasteiger partial charge on any atom is -0.478 e. The largest absolute Gasteiger partial charge is 0.478 e. The molecule has 17 heavy (non-hydrogen) atoms. The monoisotopic (exact) mass is 245 g/mol. The predicted molar refractivity (Wildman–Crippen MR) is 54.0 cm³/mol. The molecular formula is C10H9F2NO4. The van der Waals surface area contributed by atoms with E-state index in [0.717, 1.165) is 0 Å². The number of carbonyl (C=O) groups excluding carboxylic acids is 1. The number of ether oxygens (including phenoxy) is 1. The van der Waals surface area contributed by atoms with Crippen LogP contribution in [0.25, 0.3) is 0 Å². The summed E-state index contributed by atoms with van der Waals surface area (Å²) in [6, 6.07) is 1.06.